The first kappa shape index (κ1) is 15.2. The van der Waals surface area contributed by atoms with Gasteiger partial charge in [-0.2, -0.15) is 0 Å². The Bertz CT molecular complexity index is 463. The summed E-state index contributed by atoms with van der Waals surface area (Å²) in [5, 5.41) is 2.49. The monoisotopic (exact) mass is 384 g/mol. The molecule has 0 aliphatic heterocycles. The van der Waals surface area contributed by atoms with Gasteiger partial charge in [-0.05, 0) is 34.4 Å². The molecule has 0 unspecified atom stereocenters. The molecule has 0 aromatic heterocycles. The van der Waals surface area contributed by atoms with Gasteiger partial charge in [0.05, 0.1) is 0 Å². The van der Waals surface area contributed by atoms with E-state index in [9.17, 15) is 0 Å². The van der Waals surface area contributed by atoms with Gasteiger partial charge < -0.3 is 13.2 Å². The maximum absolute atomic E-state index is 5.72. The summed E-state index contributed by atoms with van der Waals surface area (Å²) in [4.78, 5) is 0. The molecule has 0 saturated carbocycles. The van der Waals surface area contributed by atoms with E-state index in [1.54, 1.807) is 0 Å². The summed E-state index contributed by atoms with van der Waals surface area (Å²) in [5.74, 6) is 0.581. The molecule has 0 radical (unpaired) electrons. The van der Waals surface area contributed by atoms with Gasteiger partial charge in [0, 0.05) is 26.8 Å². The fourth-order valence-electron chi connectivity index (χ4n) is 1.64. The van der Waals surface area contributed by atoms with Crippen LogP contribution in [-0.4, -0.2) is 0 Å². The Morgan fingerprint density at radius 3 is 2.12 bits per heavy atom. The van der Waals surface area contributed by atoms with Crippen LogP contribution < -0.4 is 5.73 Å². The van der Waals surface area contributed by atoms with E-state index in [-0.39, 0.29) is 28.5 Å². The SMILES string of the molecule is CC(C)c1ccc2cc(N)ccc2c1.[CH3-].[W]. The number of hydrogen-bond acceptors (Lipinski definition) is 1. The van der Waals surface area contributed by atoms with E-state index in [0.717, 1.165) is 5.69 Å². The van der Waals surface area contributed by atoms with E-state index in [0.29, 0.717) is 5.92 Å². The molecule has 0 spiro atoms. The molecule has 2 heteroatoms. The second-order valence-corrected chi connectivity index (χ2v) is 4.02. The van der Waals surface area contributed by atoms with Crippen molar-refractivity contribution >= 4 is 16.5 Å². The Morgan fingerprint density at radius 2 is 1.50 bits per heavy atom. The maximum Gasteiger partial charge on any atom is 0.0320 e. The van der Waals surface area contributed by atoms with Gasteiger partial charge in [-0.3, -0.25) is 0 Å². The minimum absolute atomic E-state index is 0. The molecule has 0 saturated heterocycles. The molecular formula is C14H18NW-. The first-order chi connectivity index (χ1) is 6.66. The van der Waals surface area contributed by atoms with Crippen molar-refractivity contribution in [1.29, 1.82) is 0 Å². The Labute approximate surface area is 112 Å². The molecule has 2 rings (SSSR count). The van der Waals surface area contributed by atoms with E-state index in [1.807, 2.05) is 12.1 Å². The summed E-state index contributed by atoms with van der Waals surface area (Å²) in [7, 11) is 0. The van der Waals surface area contributed by atoms with Gasteiger partial charge in [-0.1, -0.05) is 38.1 Å². The average molecular weight is 384 g/mol. The van der Waals surface area contributed by atoms with Crippen LogP contribution in [0.2, 0.25) is 0 Å². The summed E-state index contributed by atoms with van der Waals surface area (Å²) >= 11 is 0. The summed E-state index contributed by atoms with van der Waals surface area (Å²) in [5.41, 5.74) is 7.93. The van der Waals surface area contributed by atoms with E-state index in [1.165, 1.54) is 16.3 Å². The number of anilines is 1. The summed E-state index contributed by atoms with van der Waals surface area (Å²) < 4.78 is 0. The van der Waals surface area contributed by atoms with E-state index >= 15 is 0 Å². The van der Waals surface area contributed by atoms with Crippen LogP contribution in [-0.2, 0) is 21.1 Å². The van der Waals surface area contributed by atoms with Crippen molar-refractivity contribution < 1.29 is 21.1 Å². The average Bonchev–Trinajstić information content (AvgIpc) is 2.16. The molecule has 0 atom stereocenters. The molecule has 16 heavy (non-hydrogen) atoms. The van der Waals surface area contributed by atoms with Crippen molar-refractivity contribution in [2.24, 2.45) is 0 Å². The Morgan fingerprint density at radius 1 is 0.938 bits per heavy atom. The zero-order valence-electron chi connectivity index (χ0n) is 10.0. The predicted molar refractivity (Wildman–Crippen MR) is 68.9 cm³/mol. The number of hydrogen-bond donors (Lipinski definition) is 1. The van der Waals surface area contributed by atoms with Crippen molar-refractivity contribution in [2.75, 3.05) is 5.73 Å². The molecule has 0 fully saturated rings. The van der Waals surface area contributed by atoms with Crippen LogP contribution >= 0.6 is 0 Å². The van der Waals surface area contributed by atoms with E-state index in [4.69, 9.17) is 5.73 Å². The van der Waals surface area contributed by atoms with Crippen LogP contribution in [0, 0.1) is 7.43 Å². The standard InChI is InChI=1S/C13H15N.CH3.W/c1-9(2)10-3-4-12-8-13(14)6-5-11(12)7-10;;/h3-9H,14H2,1-2H3;1H3;/q;-1;. The van der Waals surface area contributed by atoms with Gasteiger partial charge >= 0.3 is 0 Å². The number of fused-ring (bicyclic) bond motifs is 1. The third-order valence-electron chi connectivity index (χ3n) is 2.56. The zero-order chi connectivity index (χ0) is 10.1. The molecule has 0 bridgehead atoms. The van der Waals surface area contributed by atoms with Crippen LogP contribution in [0.4, 0.5) is 5.69 Å². The second kappa shape index (κ2) is 6.05. The first-order valence-corrected chi connectivity index (χ1v) is 4.96. The van der Waals surface area contributed by atoms with Gasteiger partial charge in [-0.15, -0.1) is 0 Å². The van der Waals surface area contributed by atoms with Crippen LogP contribution in [0.5, 0.6) is 0 Å². The van der Waals surface area contributed by atoms with Crippen LogP contribution in [0.1, 0.15) is 25.3 Å². The first-order valence-electron chi connectivity index (χ1n) is 4.96. The van der Waals surface area contributed by atoms with E-state index in [2.05, 4.69) is 38.1 Å². The maximum atomic E-state index is 5.72. The minimum Gasteiger partial charge on any atom is -0.399 e. The molecule has 0 amide bonds. The summed E-state index contributed by atoms with van der Waals surface area (Å²) in [6, 6.07) is 12.6. The van der Waals surface area contributed by atoms with Gasteiger partial charge in [0.2, 0.25) is 0 Å². The molecular weight excluding hydrogens is 366 g/mol. The van der Waals surface area contributed by atoms with Crippen molar-refractivity contribution in [3.05, 3.63) is 49.4 Å². The number of nitrogen functional groups attached to an aromatic ring is 1. The predicted octanol–water partition coefficient (Wildman–Crippen LogP) is 3.99. The number of nitrogens with two attached hydrogens (primary N) is 1. The molecule has 0 heterocycles. The summed E-state index contributed by atoms with van der Waals surface area (Å²) in [6.07, 6.45) is 0. The van der Waals surface area contributed by atoms with Gasteiger partial charge in [0.1, 0.15) is 0 Å². The van der Waals surface area contributed by atoms with Crippen molar-refractivity contribution in [1.82, 2.24) is 0 Å². The van der Waals surface area contributed by atoms with Crippen LogP contribution in [0.25, 0.3) is 10.8 Å². The second-order valence-electron chi connectivity index (χ2n) is 4.02. The molecule has 0 aliphatic carbocycles. The Balaban J connectivity index is 0.00000112. The third kappa shape index (κ3) is 3.09. The van der Waals surface area contributed by atoms with Crippen LogP contribution in [0.3, 0.4) is 0 Å². The third-order valence-corrected chi connectivity index (χ3v) is 2.56. The molecule has 86 valence electrons. The number of benzene rings is 2. The van der Waals surface area contributed by atoms with Gasteiger partial charge in [0.15, 0.2) is 0 Å². The van der Waals surface area contributed by atoms with Crippen molar-refractivity contribution in [3.8, 4) is 0 Å². The molecule has 1 nitrogen and oxygen atoms in total. The van der Waals surface area contributed by atoms with Crippen molar-refractivity contribution in [3.63, 3.8) is 0 Å². The largest absolute Gasteiger partial charge is 0.399 e. The molecule has 2 aromatic rings. The van der Waals surface area contributed by atoms with E-state index < -0.39 is 0 Å². The normalized spacial score (nSPS) is 9.69. The van der Waals surface area contributed by atoms with Gasteiger partial charge in [0.25, 0.3) is 0 Å². The zero-order valence-corrected chi connectivity index (χ0v) is 13.0. The number of rotatable bonds is 1. The smallest absolute Gasteiger partial charge is 0.0320 e. The summed E-state index contributed by atoms with van der Waals surface area (Å²) in [6.45, 7) is 4.41. The fraction of sp³-hybridized carbons (Fsp3) is 0.214. The van der Waals surface area contributed by atoms with Gasteiger partial charge in [-0.25, -0.2) is 0 Å². The molecule has 2 aromatic carbocycles. The fourth-order valence-corrected chi connectivity index (χ4v) is 1.64. The topological polar surface area (TPSA) is 26.0 Å². The minimum atomic E-state index is 0. The quantitative estimate of drug-likeness (QED) is 0.584. The Hall–Kier alpha value is -0.812. The Kier molecular flexibility index (Phi) is 5.75. The molecule has 2 N–H and O–H groups in total. The van der Waals surface area contributed by atoms with Crippen LogP contribution in [0.15, 0.2) is 36.4 Å². The molecule has 0 aliphatic rings. The van der Waals surface area contributed by atoms with Crippen molar-refractivity contribution in [2.45, 2.75) is 19.8 Å².